The summed E-state index contributed by atoms with van der Waals surface area (Å²) in [5, 5.41) is 13.9. The summed E-state index contributed by atoms with van der Waals surface area (Å²) in [6.45, 7) is 4.09. The number of fused-ring (bicyclic) bond motifs is 1. The van der Waals surface area contributed by atoms with Gasteiger partial charge in [-0.15, -0.1) is 0 Å². The Kier molecular flexibility index (Phi) is 4.50. The molecule has 0 atom stereocenters. The molecule has 5 heteroatoms. The molecule has 1 aromatic carbocycles. The molecule has 0 fully saturated rings. The van der Waals surface area contributed by atoms with Crippen LogP contribution in [0.1, 0.15) is 37.0 Å². The lowest BCUT2D eigenvalue weighted by atomic mass is 9.97. The van der Waals surface area contributed by atoms with Crippen molar-refractivity contribution in [2.45, 2.75) is 32.3 Å². The molecule has 3 N–H and O–H groups in total. The van der Waals surface area contributed by atoms with Crippen LogP contribution in [0.15, 0.2) is 28.9 Å². The van der Waals surface area contributed by atoms with Crippen molar-refractivity contribution in [1.29, 1.82) is 0 Å². The van der Waals surface area contributed by atoms with E-state index in [0.717, 1.165) is 15.4 Å². The summed E-state index contributed by atoms with van der Waals surface area (Å²) >= 11 is 3.46. The molecule has 1 aromatic heterocycles. The van der Waals surface area contributed by atoms with Gasteiger partial charge in [-0.25, -0.2) is 0 Å². The van der Waals surface area contributed by atoms with Gasteiger partial charge in [0.2, 0.25) is 0 Å². The van der Waals surface area contributed by atoms with Crippen LogP contribution in [-0.2, 0) is 0 Å². The highest BCUT2D eigenvalue weighted by molar-refractivity contribution is 9.10. The van der Waals surface area contributed by atoms with E-state index in [1.807, 2.05) is 32.0 Å². The predicted octanol–water partition coefficient (Wildman–Crippen LogP) is 3.21. The third kappa shape index (κ3) is 2.88. The second-order valence-electron chi connectivity index (χ2n) is 4.98. The van der Waals surface area contributed by atoms with Gasteiger partial charge in [-0.1, -0.05) is 35.8 Å². The van der Waals surface area contributed by atoms with Gasteiger partial charge in [-0.05, 0) is 25.0 Å². The Morgan fingerprint density at radius 2 is 2.10 bits per heavy atom. The van der Waals surface area contributed by atoms with Crippen molar-refractivity contribution in [3.8, 4) is 0 Å². The molecule has 0 aliphatic rings. The van der Waals surface area contributed by atoms with Gasteiger partial charge in [-0.3, -0.25) is 4.79 Å². The smallest absolute Gasteiger partial charge is 0.253 e. The van der Waals surface area contributed by atoms with Gasteiger partial charge >= 0.3 is 0 Å². The lowest BCUT2D eigenvalue weighted by Crippen LogP contribution is -2.42. The van der Waals surface area contributed by atoms with Crippen molar-refractivity contribution in [3.05, 3.63) is 34.4 Å². The zero-order valence-corrected chi connectivity index (χ0v) is 13.3. The van der Waals surface area contributed by atoms with Crippen LogP contribution in [0.2, 0.25) is 0 Å². The highest BCUT2D eigenvalue weighted by atomic mass is 79.9. The lowest BCUT2D eigenvalue weighted by molar-refractivity contribution is 0.0314. The molecule has 4 nitrogen and oxygen atoms in total. The summed E-state index contributed by atoms with van der Waals surface area (Å²) in [6.07, 6.45) is 2.92. The number of nitrogens with one attached hydrogen (secondary N) is 2. The van der Waals surface area contributed by atoms with Crippen LogP contribution in [0.25, 0.3) is 10.9 Å². The molecule has 1 amide bonds. The Morgan fingerprint density at radius 1 is 1.40 bits per heavy atom. The van der Waals surface area contributed by atoms with Crippen LogP contribution in [0.4, 0.5) is 0 Å². The third-order valence-corrected chi connectivity index (χ3v) is 4.45. The number of hydrogen-bond donors (Lipinski definition) is 3. The molecule has 108 valence electrons. The first kappa shape index (κ1) is 15.1. The molecule has 0 saturated carbocycles. The fourth-order valence-corrected chi connectivity index (χ4v) is 2.74. The molecule has 0 aliphatic heterocycles. The number of carbonyl (C=O) groups excluding carboxylic acids is 1. The lowest BCUT2D eigenvalue weighted by Gasteiger charge is -2.25. The first-order chi connectivity index (χ1) is 9.50. The fourth-order valence-electron chi connectivity index (χ4n) is 2.16. The van der Waals surface area contributed by atoms with E-state index in [9.17, 15) is 9.90 Å². The first-order valence-corrected chi connectivity index (χ1v) is 7.56. The van der Waals surface area contributed by atoms with Crippen LogP contribution in [0.3, 0.4) is 0 Å². The molecule has 2 rings (SSSR count). The molecule has 1 heterocycles. The van der Waals surface area contributed by atoms with Crippen LogP contribution < -0.4 is 5.32 Å². The molecule has 0 saturated heterocycles. The molecule has 2 aromatic rings. The van der Waals surface area contributed by atoms with Crippen molar-refractivity contribution < 1.29 is 9.90 Å². The van der Waals surface area contributed by atoms with E-state index < -0.39 is 5.60 Å². The highest BCUT2D eigenvalue weighted by Crippen LogP contribution is 2.27. The van der Waals surface area contributed by atoms with E-state index in [1.165, 1.54) is 0 Å². The number of aromatic nitrogens is 1. The first-order valence-electron chi connectivity index (χ1n) is 6.77. The summed E-state index contributed by atoms with van der Waals surface area (Å²) in [5.41, 5.74) is 0.659. The van der Waals surface area contributed by atoms with E-state index in [1.54, 1.807) is 6.20 Å². The van der Waals surface area contributed by atoms with Crippen molar-refractivity contribution in [2.24, 2.45) is 0 Å². The summed E-state index contributed by atoms with van der Waals surface area (Å²) < 4.78 is 0.877. The second-order valence-corrected chi connectivity index (χ2v) is 5.83. The standard InChI is InChI=1S/C15H19BrN2O2/c1-3-15(20,4-2)9-18-14(19)10-8-17-12-7-5-6-11(16)13(10)12/h5-8,17,20H,3-4,9H2,1-2H3,(H,18,19). The Labute approximate surface area is 126 Å². The molecule has 0 bridgehead atoms. The number of benzene rings is 1. The number of rotatable bonds is 5. The van der Waals surface area contributed by atoms with Gasteiger partial charge in [-0.2, -0.15) is 0 Å². The normalized spacial score (nSPS) is 11.8. The average molecular weight is 339 g/mol. The Morgan fingerprint density at radius 3 is 2.75 bits per heavy atom. The molecule has 20 heavy (non-hydrogen) atoms. The Bertz CT molecular complexity index is 617. The topological polar surface area (TPSA) is 65.1 Å². The molecular formula is C15H19BrN2O2. The fraction of sp³-hybridized carbons (Fsp3) is 0.400. The van der Waals surface area contributed by atoms with Gasteiger partial charge in [0.05, 0.1) is 11.2 Å². The summed E-state index contributed by atoms with van der Waals surface area (Å²) in [4.78, 5) is 15.4. The maximum Gasteiger partial charge on any atom is 0.253 e. The van der Waals surface area contributed by atoms with Gasteiger partial charge in [0.1, 0.15) is 0 Å². The Balaban J connectivity index is 2.20. The van der Waals surface area contributed by atoms with Crippen molar-refractivity contribution in [2.75, 3.05) is 6.54 Å². The van der Waals surface area contributed by atoms with Gasteiger partial charge < -0.3 is 15.4 Å². The van der Waals surface area contributed by atoms with Crippen LogP contribution >= 0.6 is 15.9 Å². The van der Waals surface area contributed by atoms with Crippen LogP contribution in [0.5, 0.6) is 0 Å². The SMILES string of the molecule is CCC(O)(CC)CNC(=O)c1c[nH]c2cccc(Br)c12. The zero-order chi connectivity index (χ0) is 14.8. The van der Waals surface area contributed by atoms with Crippen molar-refractivity contribution in [3.63, 3.8) is 0 Å². The maximum absolute atomic E-state index is 12.3. The van der Waals surface area contributed by atoms with E-state index in [4.69, 9.17) is 0 Å². The van der Waals surface area contributed by atoms with Crippen molar-refractivity contribution in [1.82, 2.24) is 10.3 Å². The average Bonchev–Trinajstić information content (AvgIpc) is 2.90. The number of H-pyrrole nitrogens is 1. The van der Waals surface area contributed by atoms with Gasteiger partial charge in [0, 0.05) is 28.1 Å². The largest absolute Gasteiger partial charge is 0.388 e. The number of amides is 1. The van der Waals surface area contributed by atoms with Gasteiger partial charge in [0.15, 0.2) is 0 Å². The molecule has 0 radical (unpaired) electrons. The Hall–Kier alpha value is -1.33. The number of hydrogen-bond acceptors (Lipinski definition) is 2. The second kappa shape index (κ2) is 5.97. The van der Waals surface area contributed by atoms with Crippen molar-refractivity contribution >= 4 is 32.7 Å². The van der Waals surface area contributed by atoms with E-state index >= 15 is 0 Å². The number of aliphatic hydroxyl groups is 1. The maximum atomic E-state index is 12.3. The zero-order valence-electron chi connectivity index (χ0n) is 11.7. The highest BCUT2D eigenvalue weighted by Gasteiger charge is 2.24. The minimum absolute atomic E-state index is 0.177. The molecular weight excluding hydrogens is 320 g/mol. The summed E-state index contributed by atoms with van der Waals surface area (Å²) in [5.74, 6) is -0.177. The third-order valence-electron chi connectivity index (χ3n) is 3.79. The van der Waals surface area contributed by atoms with Gasteiger partial charge in [0.25, 0.3) is 5.91 Å². The molecule has 0 spiro atoms. The van der Waals surface area contributed by atoms with E-state index in [0.29, 0.717) is 18.4 Å². The van der Waals surface area contributed by atoms with E-state index in [2.05, 4.69) is 26.2 Å². The summed E-state index contributed by atoms with van der Waals surface area (Å²) in [6, 6.07) is 5.74. The predicted molar refractivity (Wildman–Crippen MR) is 83.9 cm³/mol. The summed E-state index contributed by atoms with van der Waals surface area (Å²) in [7, 11) is 0. The number of carbonyl (C=O) groups is 1. The van der Waals surface area contributed by atoms with Crippen LogP contribution in [0, 0.1) is 0 Å². The quantitative estimate of drug-likeness (QED) is 0.783. The van der Waals surface area contributed by atoms with E-state index in [-0.39, 0.29) is 12.5 Å². The van der Waals surface area contributed by atoms with Crippen LogP contribution in [-0.4, -0.2) is 28.1 Å². The molecule has 0 unspecified atom stereocenters. The minimum atomic E-state index is -0.834. The number of aromatic amines is 1. The minimum Gasteiger partial charge on any atom is -0.388 e. The number of halogens is 1. The molecule has 0 aliphatic carbocycles. The monoisotopic (exact) mass is 338 g/mol.